The van der Waals surface area contributed by atoms with Crippen molar-refractivity contribution in [1.82, 2.24) is 24.5 Å². The number of fused-ring (bicyclic) bond motifs is 1. The van der Waals surface area contributed by atoms with Crippen LogP contribution in [-0.4, -0.2) is 62.5 Å². The van der Waals surface area contributed by atoms with Gasteiger partial charge in [0, 0.05) is 48.8 Å². The third kappa shape index (κ3) is 3.90. The van der Waals surface area contributed by atoms with E-state index >= 15 is 0 Å². The van der Waals surface area contributed by atoms with Crippen molar-refractivity contribution in [3.63, 3.8) is 0 Å². The quantitative estimate of drug-likeness (QED) is 0.526. The van der Waals surface area contributed by atoms with Crippen LogP contribution in [0.4, 0.5) is 5.69 Å². The average molecular weight is 475 g/mol. The molecule has 3 N–H and O–H groups in total. The summed E-state index contributed by atoms with van der Waals surface area (Å²) < 4.78 is 6.70. The molecule has 0 spiro atoms. The maximum atomic E-state index is 13.0. The van der Waals surface area contributed by atoms with Gasteiger partial charge in [0.2, 0.25) is 5.91 Å². The minimum atomic E-state index is -0.855. The van der Waals surface area contributed by atoms with Crippen LogP contribution in [0.3, 0.4) is 0 Å². The van der Waals surface area contributed by atoms with Crippen LogP contribution in [0.15, 0.2) is 30.9 Å². The number of rotatable bonds is 7. The molecule has 2 amide bonds. The summed E-state index contributed by atoms with van der Waals surface area (Å²) in [4.78, 5) is 35.4. The molecule has 4 heterocycles. The van der Waals surface area contributed by atoms with E-state index in [4.69, 9.17) is 10.5 Å². The number of hydrogen-bond donors (Lipinski definition) is 2. The molecule has 1 saturated carbocycles. The summed E-state index contributed by atoms with van der Waals surface area (Å²) >= 11 is 0. The summed E-state index contributed by atoms with van der Waals surface area (Å²) in [5.41, 5.74) is 7.91. The molecule has 2 fully saturated rings. The Balaban J connectivity index is 1.49. The van der Waals surface area contributed by atoms with E-state index in [2.05, 4.69) is 33.4 Å². The highest BCUT2D eigenvalue weighted by molar-refractivity contribution is 6.02. The molecule has 2 atom stereocenters. The molecule has 11 nitrogen and oxygen atoms in total. The van der Waals surface area contributed by atoms with E-state index in [0.29, 0.717) is 37.1 Å². The zero-order valence-corrected chi connectivity index (χ0v) is 19.6. The summed E-state index contributed by atoms with van der Waals surface area (Å²) in [6, 6.07) is 4.25. The fraction of sp³-hybridized carbons (Fsp3) is 0.417. The Kier molecular flexibility index (Phi) is 5.51. The molecular formula is C24H26N8O3. The second kappa shape index (κ2) is 8.54. The van der Waals surface area contributed by atoms with Crippen molar-refractivity contribution < 1.29 is 14.3 Å². The van der Waals surface area contributed by atoms with Crippen LogP contribution in [0.5, 0.6) is 6.01 Å². The van der Waals surface area contributed by atoms with Gasteiger partial charge in [0.15, 0.2) is 0 Å². The molecule has 1 aliphatic heterocycles. The number of hydrogen-bond acceptors (Lipinski definition) is 8. The monoisotopic (exact) mass is 474 g/mol. The second-order valence-electron chi connectivity index (χ2n) is 9.14. The van der Waals surface area contributed by atoms with Crippen molar-refractivity contribution in [2.45, 2.75) is 32.2 Å². The molecule has 0 aromatic carbocycles. The predicted octanol–water partition coefficient (Wildman–Crippen LogP) is 1.85. The number of aromatic nitrogens is 4. The lowest BCUT2D eigenvalue weighted by molar-refractivity contribution is -0.134. The molecule has 5 rings (SSSR count). The highest BCUT2D eigenvalue weighted by atomic mass is 16.5. The third-order valence-electron chi connectivity index (χ3n) is 7.00. The van der Waals surface area contributed by atoms with Gasteiger partial charge < -0.3 is 20.7 Å². The van der Waals surface area contributed by atoms with Crippen molar-refractivity contribution in [2.75, 3.05) is 25.5 Å². The number of nitrogens with two attached hydrogens (primary N) is 1. The largest absolute Gasteiger partial charge is 0.467 e. The zero-order chi connectivity index (χ0) is 24.7. The smallest absolute Gasteiger partial charge is 0.316 e. The lowest BCUT2D eigenvalue weighted by Crippen LogP contribution is -2.36. The fourth-order valence-electron chi connectivity index (χ4n) is 4.72. The molecule has 2 aliphatic rings. The van der Waals surface area contributed by atoms with Crippen LogP contribution in [0.25, 0.3) is 16.6 Å². The zero-order valence-electron chi connectivity index (χ0n) is 19.6. The number of carbonyl (C=O) groups is 2. The van der Waals surface area contributed by atoms with Crippen LogP contribution >= 0.6 is 0 Å². The lowest BCUT2D eigenvalue weighted by atomic mass is 10.00. The van der Waals surface area contributed by atoms with Crippen molar-refractivity contribution in [3.05, 3.63) is 36.4 Å². The van der Waals surface area contributed by atoms with Crippen molar-refractivity contribution in [2.24, 2.45) is 17.1 Å². The Bertz CT molecular complexity index is 1340. The van der Waals surface area contributed by atoms with Gasteiger partial charge in [-0.2, -0.15) is 10.4 Å². The summed E-state index contributed by atoms with van der Waals surface area (Å²) in [5, 5.41) is 17.3. The summed E-state index contributed by atoms with van der Waals surface area (Å²) in [7, 11) is 1.50. The predicted molar refractivity (Wildman–Crippen MR) is 126 cm³/mol. The van der Waals surface area contributed by atoms with E-state index in [0.717, 1.165) is 17.5 Å². The summed E-state index contributed by atoms with van der Waals surface area (Å²) in [6.45, 7) is 3.09. The second-order valence-corrected chi connectivity index (χ2v) is 9.14. The van der Waals surface area contributed by atoms with Crippen LogP contribution < -0.4 is 15.8 Å². The number of anilines is 1. The number of likely N-dealkylation sites (tertiary alicyclic amines) is 1. The Morgan fingerprint density at radius 3 is 2.60 bits per heavy atom. The Hall–Kier alpha value is -4.20. The first kappa shape index (κ1) is 22.6. The Morgan fingerprint density at radius 2 is 2.00 bits per heavy atom. The number of ether oxygens (including phenoxy) is 1. The molecule has 1 saturated heterocycles. The van der Waals surface area contributed by atoms with Gasteiger partial charge in [-0.05, 0) is 31.2 Å². The number of primary amides is 1. The number of nitrogens with one attached hydrogen (secondary N) is 1. The molecule has 0 bridgehead atoms. The standard InChI is InChI=1S/C24H26N8O3/c1-3-14-10-31(22(34)24(13-25)4-5-24)12-18(14)30-20-17(21(26)33)9-29-32-11-15(6-19(20)32)16-7-27-23(35-2)28-8-16/h6-9,11,14,18,30H,3-5,10,12H2,1-2H3,(H2,26,33)/t14-,18-/m1/s1. The highest BCUT2D eigenvalue weighted by Gasteiger charge is 2.54. The first-order valence-electron chi connectivity index (χ1n) is 11.5. The average Bonchev–Trinajstić information content (AvgIpc) is 3.38. The maximum Gasteiger partial charge on any atom is 0.316 e. The van der Waals surface area contributed by atoms with Crippen molar-refractivity contribution in [1.29, 1.82) is 5.26 Å². The van der Waals surface area contributed by atoms with Crippen LogP contribution in [0, 0.1) is 22.7 Å². The number of nitriles is 1. The van der Waals surface area contributed by atoms with E-state index in [1.165, 1.54) is 13.3 Å². The first-order valence-corrected chi connectivity index (χ1v) is 11.5. The van der Waals surface area contributed by atoms with Gasteiger partial charge >= 0.3 is 6.01 Å². The summed E-state index contributed by atoms with van der Waals surface area (Å²) in [6.07, 6.45) is 8.64. The number of amides is 2. The van der Waals surface area contributed by atoms with Gasteiger partial charge in [-0.3, -0.25) is 9.59 Å². The van der Waals surface area contributed by atoms with Crippen LogP contribution in [0.2, 0.25) is 0 Å². The minimum Gasteiger partial charge on any atom is -0.467 e. The number of nitrogens with zero attached hydrogens (tertiary/aromatic N) is 6. The van der Waals surface area contributed by atoms with Gasteiger partial charge in [0.05, 0.1) is 36.1 Å². The van der Waals surface area contributed by atoms with E-state index in [9.17, 15) is 14.9 Å². The van der Waals surface area contributed by atoms with Gasteiger partial charge in [-0.15, -0.1) is 0 Å². The van der Waals surface area contributed by atoms with Crippen molar-refractivity contribution >= 4 is 23.0 Å². The first-order chi connectivity index (χ1) is 16.9. The molecule has 11 heteroatoms. The van der Waals surface area contributed by atoms with Crippen LogP contribution in [-0.2, 0) is 4.79 Å². The van der Waals surface area contributed by atoms with Crippen molar-refractivity contribution in [3.8, 4) is 23.2 Å². The molecule has 0 radical (unpaired) electrons. The van der Waals surface area contributed by atoms with E-state index in [1.54, 1.807) is 21.8 Å². The number of methoxy groups -OCH3 is 1. The van der Waals surface area contributed by atoms with Gasteiger partial charge in [0.25, 0.3) is 5.91 Å². The Labute approximate surface area is 201 Å². The topological polar surface area (TPSA) is 152 Å². The SMILES string of the molecule is CC[C@@H]1CN(C(=O)C2(C#N)CC2)C[C@H]1Nc1c(C(N)=O)cnn2cc(-c3cnc(OC)nc3)cc12. The lowest BCUT2D eigenvalue weighted by Gasteiger charge is -2.22. The van der Waals surface area contributed by atoms with E-state index < -0.39 is 11.3 Å². The highest BCUT2D eigenvalue weighted by Crippen LogP contribution is 2.47. The maximum absolute atomic E-state index is 13.0. The third-order valence-corrected chi connectivity index (χ3v) is 7.00. The van der Waals surface area contributed by atoms with Crippen LogP contribution in [0.1, 0.15) is 36.5 Å². The molecule has 35 heavy (non-hydrogen) atoms. The fourth-order valence-corrected chi connectivity index (χ4v) is 4.72. The van der Waals surface area contributed by atoms with Gasteiger partial charge in [-0.1, -0.05) is 6.92 Å². The Morgan fingerprint density at radius 1 is 1.26 bits per heavy atom. The molecule has 1 aliphatic carbocycles. The van der Waals surface area contributed by atoms with Gasteiger partial charge in [0.1, 0.15) is 5.41 Å². The van der Waals surface area contributed by atoms with E-state index in [1.807, 2.05) is 12.3 Å². The molecule has 3 aromatic heterocycles. The molecular weight excluding hydrogens is 448 g/mol. The molecule has 0 unspecified atom stereocenters. The molecule has 3 aromatic rings. The van der Waals surface area contributed by atoms with E-state index in [-0.39, 0.29) is 29.4 Å². The van der Waals surface area contributed by atoms with Gasteiger partial charge in [-0.25, -0.2) is 14.5 Å². The normalized spacial score (nSPS) is 20.4. The summed E-state index contributed by atoms with van der Waals surface area (Å²) in [5.74, 6) is -0.535. The minimum absolute atomic E-state index is 0.0952. The number of carbonyl (C=O) groups excluding carboxylic acids is 2. The molecule has 180 valence electrons.